The van der Waals surface area contributed by atoms with Crippen molar-refractivity contribution in [2.24, 2.45) is 5.10 Å². The largest absolute Gasteiger partial charge is 0.378 e. The smallest absolute Gasteiger partial charge is 0.255 e. The number of rotatable bonds is 9. The summed E-state index contributed by atoms with van der Waals surface area (Å²) in [6, 6.07) is 17.9. The molecule has 3 aromatic carbocycles. The molecule has 11 heteroatoms. The standard InChI is InChI=1S/C24H23Cl3N4O3S/c1-30(2)21-9-3-17(4-10-21)14-28-29-24(32)16-31(15-18-5-6-20(26)13-23(18)27)35(33,34)22-11-7-19(25)8-12-22/h3-14H,15-16H2,1-2H3,(H,29,32)/b28-14-. The zero-order valence-electron chi connectivity index (χ0n) is 19.0. The van der Waals surface area contributed by atoms with E-state index in [0.29, 0.717) is 15.6 Å². The van der Waals surface area contributed by atoms with Gasteiger partial charge in [0.05, 0.1) is 17.7 Å². The van der Waals surface area contributed by atoms with Crippen LogP contribution in [-0.4, -0.2) is 45.5 Å². The first-order valence-electron chi connectivity index (χ1n) is 10.3. The molecule has 35 heavy (non-hydrogen) atoms. The molecular weight excluding hydrogens is 531 g/mol. The van der Waals surface area contributed by atoms with E-state index in [1.165, 1.54) is 36.5 Å². The molecule has 0 saturated carbocycles. The summed E-state index contributed by atoms with van der Waals surface area (Å²) in [6.07, 6.45) is 1.48. The predicted octanol–water partition coefficient (Wildman–Crippen LogP) is 5.05. The number of amides is 1. The molecule has 0 spiro atoms. The third-order valence-electron chi connectivity index (χ3n) is 4.95. The second kappa shape index (κ2) is 11.9. The van der Waals surface area contributed by atoms with Gasteiger partial charge in [-0.2, -0.15) is 9.41 Å². The van der Waals surface area contributed by atoms with E-state index < -0.39 is 22.5 Å². The number of anilines is 1. The van der Waals surface area contributed by atoms with Crippen LogP contribution in [0.1, 0.15) is 11.1 Å². The molecule has 184 valence electrons. The Kier molecular flexibility index (Phi) is 9.15. The van der Waals surface area contributed by atoms with Crippen molar-refractivity contribution in [3.8, 4) is 0 Å². The van der Waals surface area contributed by atoms with Crippen LogP contribution in [0.2, 0.25) is 15.1 Å². The molecule has 0 bridgehead atoms. The molecule has 0 aliphatic rings. The molecule has 0 aromatic heterocycles. The Morgan fingerprint density at radius 2 is 1.57 bits per heavy atom. The highest BCUT2D eigenvalue weighted by molar-refractivity contribution is 7.89. The van der Waals surface area contributed by atoms with Gasteiger partial charge in [0.1, 0.15) is 0 Å². The fourth-order valence-electron chi connectivity index (χ4n) is 3.05. The first-order valence-corrected chi connectivity index (χ1v) is 12.9. The SMILES string of the molecule is CN(C)c1ccc(/C=N\NC(=O)CN(Cc2ccc(Cl)cc2Cl)S(=O)(=O)c2ccc(Cl)cc2)cc1. The minimum atomic E-state index is -4.06. The maximum atomic E-state index is 13.3. The van der Waals surface area contributed by atoms with E-state index in [1.807, 2.05) is 43.3 Å². The second-order valence-electron chi connectivity index (χ2n) is 7.74. The molecule has 0 saturated heterocycles. The maximum Gasteiger partial charge on any atom is 0.255 e. The van der Waals surface area contributed by atoms with Crippen molar-refractivity contribution in [1.82, 2.24) is 9.73 Å². The van der Waals surface area contributed by atoms with E-state index in [2.05, 4.69) is 10.5 Å². The molecule has 0 unspecified atom stereocenters. The van der Waals surface area contributed by atoms with E-state index in [1.54, 1.807) is 12.1 Å². The average molecular weight is 554 g/mol. The van der Waals surface area contributed by atoms with Gasteiger partial charge in [-0.05, 0) is 59.7 Å². The van der Waals surface area contributed by atoms with Crippen molar-refractivity contribution >= 4 is 62.6 Å². The lowest BCUT2D eigenvalue weighted by Gasteiger charge is -2.22. The molecule has 0 radical (unpaired) electrons. The lowest BCUT2D eigenvalue weighted by molar-refractivity contribution is -0.121. The van der Waals surface area contributed by atoms with Crippen LogP contribution in [0.3, 0.4) is 0 Å². The summed E-state index contributed by atoms with van der Waals surface area (Å²) in [4.78, 5) is 14.6. The highest BCUT2D eigenvalue weighted by Crippen LogP contribution is 2.25. The molecule has 0 aliphatic heterocycles. The lowest BCUT2D eigenvalue weighted by Crippen LogP contribution is -2.39. The highest BCUT2D eigenvalue weighted by Gasteiger charge is 2.27. The number of carbonyl (C=O) groups excluding carboxylic acids is 1. The summed E-state index contributed by atoms with van der Waals surface area (Å²) in [5.41, 5.74) is 4.67. The molecule has 7 nitrogen and oxygen atoms in total. The van der Waals surface area contributed by atoms with Crippen LogP contribution in [0.15, 0.2) is 76.7 Å². The van der Waals surface area contributed by atoms with E-state index >= 15 is 0 Å². The minimum absolute atomic E-state index is 0.00994. The molecule has 1 N–H and O–H groups in total. The number of sulfonamides is 1. The summed E-state index contributed by atoms with van der Waals surface area (Å²) in [5.74, 6) is -0.617. The highest BCUT2D eigenvalue weighted by atomic mass is 35.5. The molecule has 0 heterocycles. The Morgan fingerprint density at radius 3 is 2.17 bits per heavy atom. The third-order valence-corrected chi connectivity index (χ3v) is 7.59. The number of halogens is 3. The summed E-state index contributed by atoms with van der Waals surface area (Å²) in [5, 5.41) is 5.04. The maximum absolute atomic E-state index is 13.3. The van der Waals surface area contributed by atoms with E-state index in [-0.39, 0.29) is 16.5 Å². The van der Waals surface area contributed by atoms with Crippen LogP contribution in [0.4, 0.5) is 5.69 Å². The van der Waals surface area contributed by atoms with Gasteiger partial charge in [-0.15, -0.1) is 0 Å². The first-order chi connectivity index (χ1) is 16.6. The Hall–Kier alpha value is -2.62. The number of nitrogens with one attached hydrogen (secondary N) is 1. The van der Waals surface area contributed by atoms with Crippen molar-refractivity contribution in [2.75, 3.05) is 25.5 Å². The first kappa shape index (κ1) is 27.0. The number of benzene rings is 3. The van der Waals surface area contributed by atoms with Crippen molar-refractivity contribution in [3.05, 3.63) is 92.9 Å². The number of hydrogen-bond donors (Lipinski definition) is 1. The molecule has 0 atom stereocenters. The fraction of sp³-hybridized carbons (Fsp3) is 0.167. The summed E-state index contributed by atoms with van der Waals surface area (Å²) in [6.45, 7) is -0.634. The number of nitrogens with zero attached hydrogens (tertiary/aromatic N) is 3. The third kappa shape index (κ3) is 7.43. The zero-order valence-corrected chi connectivity index (χ0v) is 22.0. The zero-order chi connectivity index (χ0) is 25.6. The van der Waals surface area contributed by atoms with Crippen molar-refractivity contribution in [1.29, 1.82) is 0 Å². The average Bonchev–Trinajstić information content (AvgIpc) is 2.81. The number of carbonyl (C=O) groups is 1. The van der Waals surface area contributed by atoms with Gasteiger partial charge in [0.25, 0.3) is 5.91 Å². The van der Waals surface area contributed by atoms with Crippen LogP contribution in [0, 0.1) is 0 Å². The summed E-state index contributed by atoms with van der Waals surface area (Å²) < 4.78 is 27.7. The molecule has 3 rings (SSSR count). The quantitative estimate of drug-likeness (QED) is 0.297. The number of hydrogen-bond acceptors (Lipinski definition) is 5. The Labute approximate surface area is 220 Å². The molecule has 0 aliphatic carbocycles. The van der Waals surface area contributed by atoms with E-state index in [4.69, 9.17) is 34.8 Å². The summed E-state index contributed by atoms with van der Waals surface area (Å²) >= 11 is 18.1. The van der Waals surface area contributed by atoms with Gasteiger partial charge in [0, 0.05) is 41.4 Å². The van der Waals surface area contributed by atoms with Gasteiger partial charge >= 0.3 is 0 Å². The number of hydrazone groups is 1. The Bertz CT molecular complexity index is 1310. The summed E-state index contributed by atoms with van der Waals surface area (Å²) in [7, 11) is -0.193. The fourth-order valence-corrected chi connectivity index (χ4v) is 5.02. The second-order valence-corrected chi connectivity index (χ2v) is 11.0. The van der Waals surface area contributed by atoms with E-state index in [9.17, 15) is 13.2 Å². The predicted molar refractivity (Wildman–Crippen MR) is 142 cm³/mol. The minimum Gasteiger partial charge on any atom is -0.378 e. The van der Waals surface area contributed by atoms with Crippen molar-refractivity contribution in [3.63, 3.8) is 0 Å². The van der Waals surface area contributed by atoms with Gasteiger partial charge in [-0.1, -0.05) is 53.0 Å². The Morgan fingerprint density at radius 1 is 0.943 bits per heavy atom. The van der Waals surface area contributed by atoms with Gasteiger partial charge in [-0.25, -0.2) is 13.8 Å². The normalized spacial score (nSPS) is 11.7. The van der Waals surface area contributed by atoms with Crippen LogP contribution >= 0.6 is 34.8 Å². The van der Waals surface area contributed by atoms with Gasteiger partial charge in [-0.3, -0.25) is 4.79 Å². The van der Waals surface area contributed by atoms with Gasteiger partial charge < -0.3 is 4.90 Å². The van der Waals surface area contributed by atoms with Crippen LogP contribution < -0.4 is 10.3 Å². The lowest BCUT2D eigenvalue weighted by atomic mass is 10.2. The van der Waals surface area contributed by atoms with Crippen LogP contribution in [0.25, 0.3) is 0 Å². The molecular formula is C24H23Cl3N4O3S. The molecule has 0 fully saturated rings. The van der Waals surface area contributed by atoms with Crippen LogP contribution in [0.5, 0.6) is 0 Å². The molecule has 3 aromatic rings. The monoisotopic (exact) mass is 552 g/mol. The topological polar surface area (TPSA) is 82.1 Å². The Balaban J connectivity index is 1.78. The van der Waals surface area contributed by atoms with Crippen molar-refractivity contribution < 1.29 is 13.2 Å². The van der Waals surface area contributed by atoms with Crippen LogP contribution in [-0.2, 0) is 21.4 Å². The van der Waals surface area contributed by atoms with Gasteiger partial charge in [0.15, 0.2) is 0 Å². The van der Waals surface area contributed by atoms with Gasteiger partial charge in [0.2, 0.25) is 10.0 Å². The van der Waals surface area contributed by atoms with Crippen molar-refractivity contribution in [2.45, 2.75) is 11.4 Å². The van der Waals surface area contributed by atoms with E-state index in [0.717, 1.165) is 15.6 Å². The molecule has 1 amide bonds.